The van der Waals surface area contributed by atoms with E-state index in [0.717, 1.165) is 11.4 Å². The summed E-state index contributed by atoms with van der Waals surface area (Å²) >= 11 is 0. The van der Waals surface area contributed by atoms with Crippen LogP contribution in [-0.4, -0.2) is 16.6 Å². The van der Waals surface area contributed by atoms with Crippen LogP contribution >= 0.6 is 0 Å². The standard InChI is InChI=1S/C12H17NO2/c1-8-6-10(7-9(2)13-8)11(14)15-12(3,4)5/h6-7H,1-5H3. The highest BCUT2D eigenvalue weighted by molar-refractivity contribution is 5.89. The average molecular weight is 207 g/mol. The van der Waals surface area contributed by atoms with Gasteiger partial charge in [-0.3, -0.25) is 4.98 Å². The Morgan fingerprint density at radius 2 is 1.67 bits per heavy atom. The molecular formula is C12H17NO2. The number of carbonyl (C=O) groups excluding carboxylic acids is 1. The molecule has 0 atom stereocenters. The van der Waals surface area contributed by atoms with Crippen LogP contribution in [0.25, 0.3) is 0 Å². The number of hydrogen-bond donors (Lipinski definition) is 0. The molecule has 0 N–H and O–H groups in total. The molecule has 15 heavy (non-hydrogen) atoms. The van der Waals surface area contributed by atoms with Crippen LogP contribution in [0.15, 0.2) is 12.1 Å². The van der Waals surface area contributed by atoms with Crippen LogP contribution in [0.4, 0.5) is 0 Å². The van der Waals surface area contributed by atoms with E-state index < -0.39 is 5.60 Å². The lowest BCUT2D eigenvalue weighted by molar-refractivity contribution is 0.00691. The van der Waals surface area contributed by atoms with Crippen molar-refractivity contribution in [3.05, 3.63) is 29.1 Å². The zero-order valence-electron chi connectivity index (χ0n) is 9.92. The summed E-state index contributed by atoms with van der Waals surface area (Å²) in [5, 5.41) is 0. The molecule has 0 radical (unpaired) electrons. The second kappa shape index (κ2) is 4.01. The Bertz CT molecular complexity index is 357. The van der Waals surface area contributed by atoms with E-state index in [1.165, 1.54) is 0 Å². The quantitative estimate of drug-likeness (QED) is 0.664. The Labute approximate surface area is 90.5 Å². The molecule has 1 aromatic heterocycles. The number of ether oxygens (including phenoxy) is 1. The highest BCUT2D eigenvalue weighted by Gasteiger charge is 2.18. The topological polar surface area (TPSA) is 39.2 Å². The van der Waals surface area contributed by atoms with Crippen LogP contribution in [0.2, 0.25) is 0 Å². The fraction of sp³-hybridized carbons (Fsp3) is 0.500. The van der Waals surface area contributed by atoms with E-state index in [9.17, 15) is 4.79 Å². The van der Waals surface area contributed by atoms with Crippen molar-refractivity contribution in [1.82, 2.24) is 4.98 Å². The van der Waals surface area contributed by atoms with Gasteiger partial charge in [-0.05, 0) is 46.8 Å². The second-order valence-electron chi connectivity index (χ2n) is 4.64. The SMILES string of the molecule is Cc1cc(C(=O)OC(C)(C)C)cc(C)n1. The Balaban J connectivity index is 2.92. The normalized spacial score (nSPS) is 11.3. The minimum Gasteiger partial charge on any atom is -0.456 e. The molecule has 0 unspecified atom stereocenters. The van der Waals surface area contributed by atoms with Gasteiger partial charge in [-0.15, -0.1) is 0 Å². The molecule has 1 heterocycles. The predicted molar refractivity (Wildman–Crippen MR) is 58.9 cm³/mol. The number of carbonyl (C=O) groups is 1. The lowest BCUT2D eigenvalue weighted by Gasteiger charge is -2.19. The maximum atomic E-state index is 11.7. The summed E-state index contributed by atoms with van der Waals surface area (Å²) in [7, 11) is 0. The third kappa shape index (κ3) is 3.70. The lowest BCUT2D eigenvalue weighted by atomic mass is 10.1. The van der Waals surface area contributed by atoms with Crippen molar-refractivity contribution >= 4 is 5.97 Å². The van der Waals surface area contributed by atoms with Crippen molar-refractivity contribution in [3.8, 4) is 0 Å². The maximum absolute atomic E-state index is 11.7. The number of hydrogen-bond acceptors (Lipinski definition) is 3. The van der Waals surface area contributed by atoms with Crippen molar-refractivity contribution in [2.75, 3.05) is 0 Å². The van der Waals surface area contributed by atoms with Crippen molar-refractivity contribution < 1.29 is 9.53 Å². The monoisotopic (exact) mass is 207 g/mol. The van der Waals surface area contributed by atoms with Gasteiger partial charge in [-0.1, -0.05) is 0 Å². The van der Waals surface area contributed by atoms with E-state index in [1.54, 1.807) is 12.1 Å². The summed E-state index contributed by atoms with van der Waals surface area (Å²) in [4.78, 5) is 15.9. The van der Waals surface area contributed by atoms with Crippen LogP contribution in [0.1, 0.15) is 42.5 Å². The van der Waals surface area contributed by atoms with Gasteiger partial charge in [0.2, 0.25) is 0 Å². The Kier molecular flexibility index (Phi) is 3.12. The summed E-state index contributed by atoms with van der Waals surface area (Å²) < 4.78 is 5.27. The summed E-state index contributed by atoms with van der Waals surface area (Å²) in [5.74, 6) is -0.295. The molecule has 0 fully saturated rings. The van der Waals surface area contributed by atoms with Gasteiger partial charge in [-0.25, -0.2) is 4.79 Å². The molecule has 0 spiro atoms. The number of rotatable bonds is 1. The molecule has 3 heteroatoms. The van der Waals surface area contributed by atoms with E-state index in [1.807, 2.05) is 34.6 Å². The van der Waals surface area contributed by atoms with Crippen LogP contribution in [-0.2, 0) is 4.74 Å². The van der Waals surface area contributed by atoms with Gasteiger partial charge in [0.15, 0.2) is 0 Å². The molecule has 0 aliphatic carbocycles. The number of aromatic nitrogens is 1. The number of aryl methyl sites for hydroxylation is 2. The lowest BCUT2D eigenvalue weighted by Crippen LogP contribution is -2.24. The zero-order valence-corrected chi connectivity index (χ0v) is 9.92. The van der Waals surface area contributed by atoms with Gasteiger partial charge in [-0.2, -0.15) is 0 Å². The Morgan fingerprint density at radius 1 is 1.20 bits per heavy atom. The largest absolute Gasteiger partial charge is 0.456 e. The van der Waals surface area contributed by atoms with Crippen molar-refractivity contribution in [2.45, 2.75) is 40.2 Å². The maximum Gasteiger partial charge on any atom is 0.338 e. The molecule has 0 saturated carbocycles. The van der Waals surface area contributed by atoms with Crippen LogP contribution < -0.4 is 0 Å². The average Bonchev–Trinajstić information content (AvgIpc) is 1.98. The highest BCUT2D eigenvalue weighted by Crippen LogP contribution is 2.13. The Hall–Kier alpha value is -1.38. The van der Waals surface area contributed by atoms with Crippen LogP contribution in [0.3, 0.4) is 0 Å². The van der Waals surface area contributed by atoms with Crippen LogP contribution in [0, 0.1) is 13.8 Å². The van der Waals surface area contributed by atoms with Gasteiger partial charge in [0.25, 0.3) is 0 Å². The van der Waals surface area contributed by atoms with Gasteiger partial charge < -0.3 is 4.74 Å². The molecule has 82 valence electrons. The van der Waals surface area contributed by atoms with Crippen LogP contribution in [0.5, 0.6) is 0 Å². The third-order valence-corrected chi connectivity index (χ3v) is 1.72. The molecule has 0 aliphatic heterocycles. The van der Waals surface area contributed by atoms with E-state index in [0.29, 0.717) is 5.56 Å². The van der Waals surface area contributed by atoms with Crippen molar-refractivity contribution in [1.29, 1.82) is 0 Å². The number of esters is 1. The Morgan fingerprint density at radius 3 is 2.07 bits per heavy atom. The minimum atomic E-state index is -0.456. The van der Waals surface area contributed by atoms with Crippen molar-refractivity contribution in [3.63, 3.8) is 0 Å². The highest BCUT2D eigenvalue weighted by atomic mass is 16.6. The van der Waals surface area contributed by atoms with Crippen molar-refractivity contribution in [2.24, 2.45) is 0 Å². The second-order valence-corrected chi connectivity index (χ2v) is 4.64. The fourth-order valence-corrected chi connectivity index (χ4v) is 1.29. The zero-order chi connectivity index (χ0) is 11.6. The van der Waals surface area contributed by atoms with Gasteiger partial charge in [0, 0.05) is 11.4 Å². The molecule has 3 nitrogen and oxygen atoms in total. The van der Waals surface area contributed by atoms with E-state index in [-0.39, 0.29) is 5.97 Å². The first-order valence-electron chi connectivity index (χ1n) is 4.96. The third-order valence-electron chi connectivity index (χ3n) is 1.72. The van der Waals surface area contributed by atoms with Gasteiger partial charge in [0.05, 0.1) is 5.56 Å². The summed E-state index contributed by atoms with van der Waals surface area (Å²) in [6.45, 7) is 9.28. The first-order chi connectivity index (χ1) is 6.78. The molecule has 0 aliphatic rings. The first-order valence-corrected chi connectivity index (χ1v) is 4.96. The predicted octanol–water partition coefficient (Wildman–Crippen LogP) is 2.65. The fourth-order valence-electron chi connectivity index (χ4n) is 1.29. The summed E-state index contributed by atoms with van der Waals surface area (Å²) in [6.07, 6.45) is 0. The summed E-state index contributed by atoms with van der Waals surface area (Å²) in [5.41, 5.74) is 1.77. The number of nitrogens with zero attached hydrogens (tertiary/aromatic N) is 1. The minimum absolute atomic E-state index is 0.295. The molecule has 1 aromatic rings. The number of pyridine rings is 1. The molecule has 0 amide bonds. The molecule has 0 aromatic carbocycles. The van der Waals surface area contributed by atoms with E-state index in [2.05, 4.69) is 4.98 Å². The molecule has 1 rings (SSSR count). The van der Waals surface area contributed by atoms with Gasteiger partial charge in [0.1, 0.15) is 5.60 Å². The van der Waals surface area contributed by atoms with E-state index in [4.69, 9.17) is 4.74 Å². The van der Waals surface area contributed by atoms with E-state index >= 15 is 0 Å². The summed E-state index contributed by atoms with van der Waals surface area (Å²) in [6, 6.07) is 3.47. The van der Waals surface area contributed by atoms with Gasteiger partial charge >= 0.3 is 5.97 Å². The smallest absolute Gasteiger partial charge is 0.338 e. The molecular weight excluding hydrogens is 190 g/mol. The molecule has 0 saturated heterocycles. The first kappa shape index (κ1) is 11.7. The molecule has 0 bridgehead atoms.